The van der Waals surface area contributed by atoms with Gasteiger partial charge in [-0.1, -0.05) is 4.49 Å². The van der Waals surface area contributed by atoms with Gasteiger partial charge >= 0.3 is 0 Å². The third kappa shape index (κ3) is 1.98. The molecular formula is C11H14N4O2S. The Hall–Kier alpha value is -1.50. The standard InChI is InChI=1S/C11H14N4O2S/c1-7-9(18-13-12-7)11(17)15-5-4-14(6-15)10(16)8-2-3-8/h8H,2-6H2,1H3. The zero-order valence-electron chi connectivity index (χ0n) is 10.1. The van der Waals surface area contributed by atoms with E-state index in [1.165, 1.54) is 0 Å². The van der Waals surface area contributed by atoms with Gasteiger partial charge in [-0.05, 0) is 31.3 Å². The van der Waals surface area contributed by atoms with Gasteiger partial charge in [0.1, 0.15) is 4.88 Å². The molecule has 1 saturated carbocycles. The van der Waals surface area contributed by atoms with Gasteiger partial charge in [0.25, 0.3) is 5.91 Å². The maximum Gasteiger partial charge on any atom is 0.268 e. The highest BCUT2D eigenvalue weighted by atomic mass is 32.1. The summed E-state index contributed by atoms with van der Waals surface area (Å²) in [6, 6.07) is 0. The minimum Gasteiger partial charge on any atom is -0.323 e. The van der Waals surface area contributed by atoms with Gasteiger partial charge in [-0.2, -0.15) is 0 Å². The molecule has 2 heterocycles. The summed E-state index contributed by atoms with van der Waals surface area (Å²) in [5.74, 6) is 0.352. The van der Waals surface area contributed by atoms with Crippen molar-refractivity contribution in [3.63, 3.8) is 0 Å². The lowest BCUT2D eigenvalue weighted by molar-refractivity contribution is -0.131. The molecule has 0 atom stereocenters. The Labute approximate surface area is 109 Å². The van der Waals surface area contributed by atoms with E-state index in [1.54, 1.807) is 16.7 Å². The van der Waals surface area contributed by atoms with Crippen LogP contribution >= 0.6 is 11.5 Å². The Morgan fingerprint density at radius 3 is 2.61 bits per heavy atom. The van der Waals surface area contributed by atoms with E-state index >= 15 is 0 Å². The molecule has 2 aliphatic rings. The van der Waals surface area contributed by atoms with E-state index in [0.29, 0.717) is 30.3 Å². The van der Waals surface area contributed by atoms with Crippen molar-refractivity contribution in [2.24, 2.45) is 5.92 Å². The number of aryl methyl sites for hydroxylation is 1. The van der Waals surface area contributed by atoms with E-state index in [-0.39, 0.29) is 17.7 Å². The van der Waals surface area contributed by atoms with Crippen LogP contribution in [0.3, 0.4) is 0 Å². The average molecular weight is 266 g/mol. The third-order valence-electron chi connectivity index (χ3n) is 3.35. The van der Waals surface area contributed by atoms with Crippen LogP contribution in [-0.2, 0) is 4.79 Å². The molecule has 1 aliphatic heterocycles. The summed E-state index contributed by atoms with van der Waals surface area (Å²) in [6.45, 7) is 3.44. The minimum absolute atomic E-state index is 0.0615. The normalized spacial score (nSPS) is 19.4. The van der Waals surface area contributed by atoms with Gasteiger partial charge < -0.3 is 9.80 Å². The highest BCUT2D eigenvalue weighted by Crippen LogP contribution is 2.31. The number of rotatable bonds is 2. The Balaban J connectivity index is 1.66. The molecular weight excluding hydrogens is 252 g/mol. The molecule has 96 valence electrons. The van der Waals surface area contributed by atoms with Crippen LogP contribution in [0.1, 0.15) is 28.2 Å². The maximum absolute atomic E-state index is 12.2. The fourth-order valence-corrected chi connectivity index (χ4v) is 2.72. The average Bonchev–Trinajstić information content (AvgIpc) is 2.94. The smallest absolute Gasteiger partial charge is 0.268 e. The first-order valence-corrected chi connectivity index (χ1v) is 6.81. The summed E-state index contributed by atoms with van der Waals surface area (Å²) in [5.41, 5.74) is 0.664. The van der Waals surface area contributed by atoms with Crippen molar-refractivity contribution < 1.29 is 9.59 Å². The van der Waals surface area contributed by atoms with E-state index in [4.69, 9.17) is 0 Å². The van der Waals surface area contributed by atoms with Gasteiger partial charge in [-0.3, -0.25) is 9.59 Å². The lowest BCUT2D eigenvalue weighted by Gasteiger charge is -2.17. The molecule has 2 amide bonds. The van der Waals surface area contributed by atoms with E-state index in [9.17, 15) is 9.59 Å². The largest absolute Gasteiger partial charge is 0.323 e. The molecule has 2 fully saturated rings. The van der Waals surface area contributed by atoms with Crippen molar-refractivity contribution in [1.29, 1.82) is 0 Å². The van der Waals surface area contributed by atoms with Crippen LogP contribution in [0.15, 0.2) is 0 Å². The van der Waals surface area contributed by atoms with Crippen molar-refractivity contribution >= 4 is 23.3 Å². The Kier molecular flexibility index (Phi) is 2.77. The predicted octanol–water partition coefficient (Wildman–Crippen LogP) is 0.498. The van der Waals surface area contributed by atoms with Crippen LogP contribution in [-0.4, -0.2) is 51.0 Å². The number of carbonyl (C=O) groups excluding carboxylic acids is 2. The molecule has 7 heteroatoms. The Morgan fingerprint density at radius 2 is 2.00 bits per heavy atom. The summed E-state index contributed by atoms with van der Waals surface area (Å²) >= 11 is 1.12. The van der Waals surface area contributed by atoms with E-state index in [2.05, 4.69) is 9.59 Å². The monoisotopic (exact) mass is 266 g/mol. The molecule has 18 heavy (non-hydrogen) atoms. The number of nitrogens with zero attached hydrogens (tertiary/aromatic N) is 4. The zero-order chi connectivity index (χ0) is 12.7. The van der Waals surface area contributed by atoms with Crippen molar-refractivity contribution in [3.8, 4) is 0 Å². The van der Waals surface area contributed by atoms with Gasteiger partial charge in [0.05, 0.1) is 12.4 Å². The van der Waals surface area contributed by atoms with Gasteiger partial charge in [0.15, 0.2) is 0 Å². The van der Waals surface area contributed by atoms with E-state index in [1.807, 2.05) is 0 Å². The molecule has 0 radical (unpaired) electrons. The van der Waals surface area contributed by atoms with Crippen LogP contribution in [0, 0.1) is 12.8 Å². The van der Waals surface area contributed by atoms with Crippen LogP contribution < -0.4 is 0 Å². The second-order valence-electron chi connectivity index (χ2n) is 4.77. The molecule has 3 rings (SSSR count). The molecule has 1 aromatic heterocycles. The van der Waals surface area contributed by atoms with Crippen molar-refractivity contribution in [2.75, 3.05) is 19.8 Å². The number of hydrogen-bond donors (Lipinski definition) is 0. The van der Waals surface area contributed by atoms with E-state index < -0.39 is 0 Å². The van der Waals surface area contributed by atoms with Gasteiger partial charge in [-0.15, -0.1) is 5.10 Å². The summed E-state index contributed by atoms with van der Waals surface area (Å²) in [6.07, 6.45) is 2.00. The SMILES string of the molecule is Cc1nnsc1C(=O)N1CCN(C(=O)C2CC2)C1. The molecule has 0 spiro atoms. The lowest BCUT2D eigenvalue weighted by atomic mass is 10.3. The van der Waals surface area contributed by atoms with Crippen LogP contribution in [0.2, 0.25) is 0 Å². The van der Waals surface area contributed by atoms with Crippen LogP contribution in [0.4, 0.5) is 0 Å². The maximum atomic E-state index is 12.2. The number of aromatic nitrogens is 2. The predicted molar refractivity (Wildman–Crippen MR) is 65.0 cm³/mol. The lowest BCUT2D eigenvalue weighted by Crippen LogP contribution is -2.34. The number of carbonyl (C=O) groups is 2. The summed E-state index contributed by atoms with van der Waals surface area (Å²) in [7, 11) is 0. The summed E-state index contributed by atoms with van der Waals surface area (Å²) in [5, 5.41) is 3.84. The van der Waals surface area contributed by atoms with E-state index in [0.717, 1.165) is 24.4 Å². The molecule has 0 aromatic carbocycles. The second-order valence-corrected chi connectivity index (χ2v) is 5.53. The van der Waals surface area contributed by atoms with Gasteiger partial charge in [-0.25, -0.2) is 0 Å². The first-order valence-electron chi connectivity index (χ1n) is 6.04. The third-order valence-corrected chi connectivity index (χ3v) is 4.17. The molecule has 0 bridgehead atoms. The van der Waals surface area contributed by atoms with Crippen molar-refractivity contribution in [2.45, 2.75) is 19.8 Å². The van der Waals surface area contributed by atoms with Crippen LogP contribution in [0.5, 0.6) is 0 Å². The quantitative estimate of drug-likeness (QED) is 0.781. The molecule has 0 N–H and O–H groups in total. The first-order chi connectivity index (χ1) is 8.66. The second kappa shape index (κ2) is 4.31. The highest BCUT2D eigenvalue weighted by Gasteiger charge is 2.37. The number of hydrogen-bond acceptors (Lipinski definition) is 5. The Morgan fingerprint density at radius 1 is 1.28 bits per heavy atom. The highest BCUT2D eigenvalue weighted by molar-refractivity contribution is 7.07. The van der Waals surface area contributed by atoms with Crippen molar-refractivity contribution in [3.05, 3.63) is 10.6 Å². The molecule has 1 aromatic rings. The fourth-order valence-electron chi connectivity index (χ4n) is 2.09. The molecule has 6 nitrogen and oxygen atoms in total. The molecule has 0 unspecified atom stereocenters. The number of amides is 2. The topological polar surface area (TPSA) is 66.4 Å². The zero-order valence-corrected chi connectivity index (χ0v) is 10.9. The summed E-state index contributed by atoms with van der Waals surface area (Å²) in [4.78, 5) is 28.1. The minimum atomic E-state index is -0.0615. The fraction of sp³-hybridized carbons (Fsp3) is 0.636. The molecule has 1 saturated heterocycles. The molecule has 1 aliphatic carbocycles. The summed E-state index contributed by atoms with van der Waals surface area (Å²) < 4.78 is 3.77. The van der Waals surface area contributed by atoms with Gasteiger partial charge in [0, 0.05) is 19.0 Å². The van der Waals surface area contributed by atoms with Gasteiger partial charge in [0.2, 0.25) is 5.91 Å². The first kappa shape index (κ1) is 11.6. The van der Waals surface area contributed by atoms with Crippen molar-refractivity contribution in [1.82, 2.24) is 19.4 Å². The van der Waals surface area contributed by atoms with Crippen LogP contribution in [0.25, 0.3) is 0 Å². The Bertz CT molecular complexity index is 497.